The summed E-state index contributed by atoms with van der Waals surface area (Å²) >= 11 is 0. The molecule has 4 nitrogen and oxygen atoms in total. The molecular weight excluding hydrogens is 191 g/mol. The number of hydrogen-bond donors (Lipinski definition) is 3. The highest BCUT2D eigenvalue weighted by Gasteiger charge is 2.27. The van der Waals surface area contributed by atoms with Crippen molar-refractivity contribution in [3.63, 3.8) is 0 Å². The molecule has 1 unspecified atom stereocenters. The summed E-state index contributed by atoms with van der Waals surface area (Å²) in [6.07, 6.45) is 0. The van der Waals surface area contributed by atoms with Crippen LogP contribution in [0.4, 0.5) is 0 Å². The van der Waals surface area contributed by atoms with E-state index in [2.05, 4.69) is 0 Å². The zero-order valence-electron chi connectivity index (χ0n) is 7.08. The first-order chi connectivity index (χ1) is 5.91. The molecule has 0 aliphatic rings. The second-order valence-corrected chi connectivity index (χ2v) is 4.54. The summed E-state index contributed by atoms with van der Waals surface area (Å²) < 4.78 is 10.7. The van der Waals surface area contributed by atoms with Crippen molar-refractivity contribution in [2.45, 2.75) is 12.8 Å². The van der Waals surface area contributed by atoms with Gasteiger partial charge in [-0.1, -0.05) is 29.8 Å². The fourth-order valence-electron chi connectivity index (χ4n) is 1.02. The number of aliphatic hydroxyl groups is 1. The molecule has 1 aromatic rings. The topological polar surface area (TPSA) is 77.8 Å². The monoisotopic (exact) mass is 202 g/mol. The molecule has 0 aliphatic carbocycles. The molecule has 0 saturated heterocycles. The lowest BCUT2D eigenvalue weighted by Crippen LogP contribution is -1.98. The van der Waals surface area contributed by atoms with E-state index < -0.39 is 13.4 Å². The summed E-state index contributed by atoms with van der Waals surface area (Å²) in [5.74, 6) is -1.72. The van der Waals surface area contributed by atoms with Gasteiger partial charge in [-0.15, -0.1) is 0 Å². The van der Waals surface area contributed by atoms with E-state index in [0.29, 0.717) is 0 Å². The van der Waals surface area contributed by atoms with Crippen LogP contribution in [0.15, 0.2) is 24.3 Å². The fraction of sp³-hybridized carbons (Fsp3) is 0.250. The fourth-order valence-corrected chi connectivity index (χ4v) is 1.57. The minimum Gasteiger partial charge on any atom is -0.376 e. The molecule has 0 radical (unpaired) electrons. The lowest BCUT2D eigenvalue weighted by atomic mass is 10.1. The summed E-state index contributed by atoms with van der Waals surface area (Å²) in [5, 5.41) is 9.22. The highest BCUT2D eigenvalue weighted by molar-refractivity contribution is 7.51. The third kappa shape index (κ3) is 2.64. The summed E-state index contributed by atoms with van der Waals surface area (Å²) in [7, 11) is -4.44. The van der Waals surface area contributed by atoms with E-state index in [1.54, 1.807) is 25.1 Å². The van der Waals surface area contributed by atoms with Crippen LogP contribution < -0.4 is 0 Å². The van der Waals surface area contributed by atoms with Gasteiger partial charge in [0, 0.05) is 0 Å². The van der Waals surface area contributed by atoms with E-state index in [-0.39, 0.29) is 5.56 Å². The molecule has 0 amide bonds. The third-order valence-corrected chi connectivity index (χ3v) is 2.59. The van der Waals surface area contributed by atoms with Crippen LogP contribution in [0.5, 0.6) is 0 Å². The molecule has 72 valence electrons. The van der Waals surface area contributed by atoms with Gasteiger partial charge in [0.15, 0.2) is 5.85 Å². The van der Waals surface area contributed by atoms with Gasteiger partial charge in [-0.3, -0.25) is 4.57 Å². The zero-order valence-corrected chi connectivity index (χ0v) is 7.98. The van der Waals surface area contributed by atoms with Gasteiger partial charge >= 0.3 is 7.60 Å². The van der Waals surface area contributed by atoms with E-state index in [1.807, 2.05) is 0 Å². The Bertz CT molecular complexity index is 344. The highest BCUT2D eigenvalue weighted by atomic mass is 31.2. The first kappa shape index (κ1) is 10.4. The van der Waals surface area contributed by atoms with Crippen molar-refractivity contribution < 1.29 is 19.5 Å². The average Bonchev–Trinajstić information content (AvgIpc) is 2.01. The Labute approximate surface area is 76.0 Å². The maximum Gasteiger partial charge on any atom is 0.358 e. The molecular formula is C8H11O4P. The summed E-state index contributed by atoms with van der Waals surface area (Å²) in [4.78, 5) is 17.4. The quantitative estimate of drug-likeness (QED) is 0.629. The Morgan fingerprint density at radius 3 is 2.46 bits per heavy atom. The molecule has 13 heavy (non-hydrogen) atoms. The minimum atomic E-state index is -4.44. The van der Waals surface area contributed by atoms with Crippen molar-refractivity contribution in [1.82, 2.24) is 0 Å². The molecule has 1 aromatic carbocycles. The number of aryl methyl sites for hydroxylation is 1. The van der Waals surface area contributed by atoms with Crippen LogP contribution in [0.25, 0.3) is 0 Å². The standard InChI is InChI=1S/C8H11O4P/c1-6-3-2-4-7(5-6)8(9)13(10,11)12/h2-5,8-9H,1H3,(H2,10,11,12). The Balaban J connectivity index is 3.02. The Hall–Kier alpha value is -0.670. The zero-order chi connectivity index (χ0) is 10.1. The van der Waals surface area contributed by atoms with Gasteiger partial charge in [0.1, 0.15) is 0 Å². The lowest BCUT2D eigenvalue weighted by Gasteiger charge is -2.12. The lowest BCUT2D eigenvalue weighted by molar-refractivity contribution is 0.205. The van der Waals surface area contributed by atoms with E-state index in [9.17, 15) is 9.67 Å². The SMILES string of the molecule is Cc1cccc(C(O)P(=O)(O)O)c1. The second kappa shape index (κ2) is 3.60. The van der Waals surface area contributed by atoms with Gasteiger partial charge in [0.25, 0.3) is 0 Å². The minimum absolute atomic E-state index is 0.244. The van der Waals surface area contributed by atoms with Crippen LogP contribution in [0, 0.1) is 6.92 Å². The number of benzene rings is 1. The molecule has 0 spiro atoms. The largest absolute Gasteiger partial charge is 0.376 e. The maximum atomic E-state index is 10.7. The van der Waals surface area contributed by atoms with Crippen LogP contribution in [0.3, 0.4) is 0 Å². The maximum absolute atomic E-state index is 10.7. The van der Waals surface area contributed by atoms with Gasteiger partial charge in [0.05, 0.1) is 0 Å². The number of aliphatic hydroxyl groups excluding tert-OH is 1. The van der Waals surface area contributed by atoms with Crippen LogP contribution in [-0.4, -0.2) is 14.9 Å². The first-order valence-electron chi connectivity index (χ1n) is 3.71. The van der Waals surface area contributed by atoms with E-state index >= 15 is 0 Å². The molecule has 0 aromatic heterocycles. The van der Waals surface area contributed by atoms with Crippen molar-refractivity contribution in [2.75, 3.05) is 0 Å². The molecule has 3 N–H and O–H groups in total. The van der Waals surface area contributed by atoms with Crippen LogP contribution >= 0.6 is 7.60 Å². The van der Waals surface area contributed by atoms with E-state index in [4.69, 9.17) is 9.79 Å². The Morgan fingerprint density at radius 1 is 1.38 bits per heavy atom. The van der Waals surface area contributed by atoms with Crippen molar-refractivity contribution in [3.8, 4) is 0 Å². The van der Waals surface area contributed by atoms with Crippen molar-refractivity contribution in [1.29, 1.82) is 0 Å². The number of rotatable bonds is 2. The van der Waals surface area contributed by atoms with Gasteiger partial charge < -0.3 is 14.9 Å². The van der Waals surface area contributed by atoms with Crippen molar-refractivity contribution in [2.24, 2.45) is 0 Å². The molecule has 0 heterocycles. The molecule has 0 aliphatic heterocycles. The smallest absolute Gasteiger partial charge is 0.358 e. The molecule has 1 rings (SSSR count). The van der Waals surface area contributed by atoms with E-state index in [0.717, 1.165) is 5.56 Å². The van der Waals surface area contributed by atoms with Gasteiger partial charge in [0.2, 0.25) is 0 Å². The second-order valence-electron chi connectivity index (χ2n) is 2.88. The summed E-state index contributed by atoms with van der Waals surface area (Å²) in [6, 6.07) is 6.46. The first-order valence-corrected chi connectivity index (χ1v) is 5.39. The normalized spacial score (nSPS) is 14.2. The van der Waals surface area contributed by atoms with Gasteiger partial charge in [-0.2, -0.15) is 0 Å². The summed E-state index contributed by atoms with van der Waals surface area (Å²) in [5.41, 5.74) is 1.10. The average molecular weight is 202 g/mol. The predicted molar refractivity (Wildman–Crippen MR) is 48.2 cm³/mol. The Morgan fingerprint density at radius 2 is 2.00 bits per heavy atom. The van der Waals surface area contributed by atoms with Gasteiger partial charge in [-0.25, -0.2) is 0 Å². The van der Waals surface area contributed by atoms with Gasteiger partial charge in [-0.05, 0) is 12.5 Å². The van der Waals surface area contributed by atoms with Crippen LogP contribution in [0.2, 0.25) is 0 Å². The van der Waals surface area contributed by atoms with E-state index in [1.165, 1.54) is 6.07 Å². The molecule has 0 fully saturated rings. The Kier molecular flexibility index (Phi) is 2.88. The molecule has 5 heteroatoms. The molecule has 0 bridgehead atoms. The highest BCUT2D eigenvalue weighted by Crippen LogP contribution is 2.49. The molecule has 0 saturated carbocycles. The number of hydrogen-bond acceptors (Lipinski definition) is 2. The predicted octanol–water partition coefficient (Wildman–Crippen LogP) is 1.16. The van der Waals surface area contributed by atoms with Crippen molar-refractivity contribution >= 4 is 7.60 Å². The molecule has 1 atom stereocenters. The third-order valence-electron chi connectivity index (χ3n) is 1.66. The van der Waals surface area contributed by atoms with Crippen LogP contribution in [-0.2, 0) is 4.57 Å². The summed E-state index contributed by atoms with van der Waals surface area (Å²) in [6.45, 7) is 1.79. The van der Waals surface area contributed by atoms with Crippen LogP contribution in [0.1, 0.15) is 17.0 Å². The van der Waals surface area contributed by atoms with Crippen molar-refractivity contribution in [3.05, 3.63) is 35.4 Å².